The van der Waals surface area contributed by atoms with Crippen LogP contribution < -0.4 is 11.1 Å². The number of aryl methyl sites for hydroxylation is 1. The number of hydrogen-bond acceptors (Lipinski definition) is 3. The quantitative estimate of drug-likeness (QED) is 0.786. The molecule has 5 heteroatoms. The third-order valence-electron chi connectivity index (χ3n) is 3.16. The van der Waals surface area contributed by atoms with Gasteiger partial charge in [0.2, 0.25) is 5.91 Å². The molecule has 0 saturated heterocycles. The minimum absolute atomic E-state index is 0.259. The molecule has 0 aliphatic rings. The Balaban J connectivity index is 2.10. The molecule has 0 saturated carbocycles. The van der Waals surface area contributed by atoms with Crippen molar-refractivity contribution in [3.63, 3.8) is 0 Å². The van der Waals surface area contributed by atoms with Crippen LogP contribution in [0.25, 0.3) is 0 Å². The summed E-state index contributed by atoms with van der Waals surface area (Å²) in [6.45, 7) is 2.31. The molecule has 21 heavy (non-hydrogen) atoms. The highest BCUT2D eigenvalue weighted by molar-refractivity contribution is 5.94. The molecule has 0 aromatic heterocycles. The number of carbonyl (C=O) groups excluding carboxylic acids is 1. The molecule has 108 valence electrons. The Morgan fingerprint density at radius 1 is 1.19 bits per heavy atom. The van der Waals surface area contributed by atoms with E-state index in [1.807, 2.05) is 19.1 Å². The molecule has 1 amide bonds. The third-order valence-corrected chi connectivity index (χ3v) is 3.16. The Bertz CT molecular complexity index is 696. The second kappa shape index (κ2) is 6.09. The molecule has 0 fully saturated rings. The number of benzene rings is 2. The van der Waals surface area contributed by atoms with Gasteiger partial charge in [-0.15, -0.1) is 0 Å². The first-order valence-electron chi connectivity index (χ1n) is 6.44. The normalized spacial score (nSPS) is 10.1. The van der Waals surface area contributed by atoms with Crippen LogP contribution in [0.15, 0.2) is 42.5 Å². The monoisotopic (exact) mass is 284 g/mol. The van der Waals surface area contributed by atoms with Crippen LogP contribution in [0.4, 0.5) is 5.69 Å². The molecule has 2 aromatic carbocycles. The zero-order valence-corrected chi connectivity index (χ0v) is 11.6. The van der Waals surface area contributed by atoms with Crippen molar-refractivity contribution in [1.29, 1.82) is 0 Å². The average molecular weight is 284 g/mol. The molecule has 0 spiro atoms. The summed E-state index contributed by atoms with van der Waals surface area (Å²) in [5.74, 6) is -1.40. The topological polar surface area (TPSA) is 92.4 Å². The number of aromatic carboxylic acids is 1. The summed E-state index contributed by atoms with van der Waals surface area (Å²) in [5.41, 5.74) is 8.52. The average Bonchev–Trinajstić information content (AvgIpc) is 2.45. The van der Waals surface area contributed by atoms with Gasteiger partial charge < -0.3 is 16.2 Å². The lowest BCUT2D eigenvalue weighted by atomic mass is 10.1. The molecule has 0 atom stereocenters. The molecule has 0 radical (unpaired) electrons. The van der Waals surface area contributed by atoms with E-state index in [9.17, 15) is 9.59 Å². The van der Waals surface area contributed by atoms with Crippen molar-refractivity contribution in [3.05, 3.63) is 64.7 Å². The summed E-state index contributed by atoms with van der Waals surface area (Å²) in [4.78, 5) is 22.1. The largest absolute Gasteiger partial charge is 0.478 e. The number of hydrogen-bond donors (Lipinski definition) is 3. The van der Waals surface area contributed by atoms with Crippen LogP contribution in [0.1, 0.15) is 31.8 Å². The number of carboxylic acid groups (broad SMARTS) is 1. The number of anilines is 1. The number of rotatable bonds is 5. The number of primary amides is 1. The van der Waals surface area contributed by atoms with Gasteiger partial charge in [0.05, 0.1) is 5.56 Å². The SMILES string of the molecule is Cc1cc(NCc2cccc(C(=O)O)c2)ccc1C(N)=O. The zero-order chi connectivity index (χ0) is 15.4. The number of nitrogens with one attached hydrogen (secondary N) is 1. The van der Waals surface area contributed by atoms with E-state index >= 15 is 0 Å². The van der Waals surface area contributed by atoms with E-state index in [0.29, 0.717) is 12.1 Å². The van der Waals surface area contributed by atoms with Gasteiger partial charge in [-0.3, -0.25) is 4.79 Å². The standard InChI is InChI=1S/C16H16N2O3/c1-10-7-13(5-6-14(10)15(17)19)18-9-11-3-2-4-12(8-11)16(20)21/h2-8,18H,9H2,1H3,(H2,17,19)(H,20,21). The highest BCUT2D eigenvalue weighted by Crippen LogP contribution is 2.16. The van der Waals surface area contributed by atoms with Crippen molar-refractivity contribution < 1.29 is 14.7 Å². The summed E-state index contributed by atoms with van der Waals surface area (Å²) in [6, 6.07) is 12.0. The minimum atomic E-state index is -0.946. The van der Waals surface area contributed by atoms with Crippen LogP contribution in [0.5, 0.6) is 0 Å². The summed E-state index contributed by atoms with van der Waals surface area (Å²) in [5, 5.41) is 12.1. The minimum Gasteiger partial charge on any atom is -0.478 e. The maximum absolute atomic E-state index is 11.2. The molecule has 0 aliphatic carbocycles. The van der Waals surface area contributed by atoms with Gasteiger partial charge in [-0.25, -0.2) is 4.79 Å². The highest BCUT2D eigenvalue weighted by atomic mass is 16.4. The second-order valence-corrected chi connectivity index (χ2v) is 4.75. The Hall–Kier alpha value is -2.82. The van der Waals surface area contributed by atoms with Crippen LogP contribution in [0, 0.1) is 6.92 Å². The summed E-state index contributed by atoms with van der Waals surface area (Å²) >= 11 is 0. The van der Waals surface area contributed by atoms with Crippen molar-refractivity contribution in [1.82, 2.24) is 0 Å². The molecule has 5 nitrogen and oxygen atoms in total. The summed E-state index contributed by atoms with van der Waals surface area (Å²) < 4.78 is 0. The number of amides is 1. The molecular weight excluding hydrogens is 268 g/mol. The fourth-order valence-electron chi connectivity index (χ4n) is 2.07. The van der Waals surface area contributed by atoms with Crippen molar-refractivity contribution in [2.45, 2.75) is 13.5 Å². The molecular formula is C16H16N2O3. The Labute approximate surface area is 122 Å². The van der Waals surface area contributed by atoms with Crippen molar-refractivity contribution in [3.8, 4) is 0 Å². The molecule has 0 heterocycles. The number of carboxylic acids is 1. The first kappa shape index (κ1) is 14.6. The maximum Gasteiger partial charge on any atom is 0.335 e. The van der Waals surface area contributed by atoms with E-state index in [1.54, 1.807) is 30.3 Å². The predicted octanol–water partition coefficient (Wildman–Crippen LogP) is 2.40. The lowest BCUT2D eigenvalue weighted by Gasteiger charge is -2.09. The smallest absolute Gasteiger partial charge is 0.335 e. The van der Waals surface area contributed by atoms with E-state index in [0.717, 1.165) is 16.8 Å². The zero-order valence-electron chi connectivity index (χ0n) is 11.6. The Morgan fingerprint density at radius 2 is 1.95 bits per heavy atom. The van der Waals surface area contributed by atoms with Gasteiger partial charge in [-0.2, -0.15) is 0 Å². The van der Waals surface area contributed by atoms with Gasteiger partial charge in [-0.05, 0) is 48.4 Å². The summed E-state index contributed by atoms with van der Waals surface area (Å²) in [7, 11) is 0. The lowest BCUT2D eigenvalue weighted by molar-refractivity contribution is 0.0696. The number of carbonyl (C=O) groups is 2. The highest BCUT2D eigenvalue weighted by Gasteiger charge is 2.06. The first-order valence-corrected chi connectivity index (χ1v) is 6.44. The van der Waals surface area contributed by atoms with Crippen LogP contribution in [-0.4, -0.2) is 17.0 Å². The van der Waals surface area contributed by atoms with E-state index in [-0.39, 0.29) is 5.56 Å². The van der Waals surface area contributed by atoms with E-state index in [4.69, 9.17) is 10.8 Å². The molecule has 4 N–H and O–H groups in total. The van der Waals surface area contributed by atoms with Gasteiger partial charge in [0.25, 0.3) is 0 Å². The van der Waals surface area contributed by atoms with Gasteiger partial charge in [0.1, 0.15) is 0 Å². The van der Waals surface area contributed by atoms with Gasteiger partial charge in [0.15, 0.2) is 0 Å². The van der Waals surface area contributed by atoms with E-state index in [2.05, 4.69) is 5.32 Å². The van der Waals surface area contributed by atoms with Gasteiger partial charge in [0, 0.05) is 17.8 Å². The Morgan fingerprint density at radius 3 is 2.57 bits per heavy atom. The molecule has 0 aliphatic heterocycles. The molecule has 2 rings (SSSR count). The van der Waals surface area contributed by atoms with Crippen LogP contribution in [0.2, 0.25) is 0 Å². The molecule has 0 unspecified atom stereocenters. The first-order chi connectivity index (χ1) is 9.97. The van der Waals surface area contributed by atoms with Crippen molar-refractivity contribution >= 4 is 17.6 Å². The van der Waals surface area contributed by atoms with Gasteiger partial charge in [-0.1, -0.05) is 12.1 Å². The third kappa shape index (κ3) is 3.60. The fraction of sp³-hybridized carbons (Fsp3) is 0.125. The summed E-state index contributed by atoms with van der Waals surface area (Å²) in [6.07, 6.45) is 0. The molecule has 0 bridgehead atoms. The van der Waals surface area contributed by atoms with Crippen LogP contribution >= 0.6 is 0 Å². The second-order valence-electron chi connectivity index (χ2n) is 4.75. The predicted molar refractivity (Wildman–Crippen MR) is 80.4 cm³/mol. The van der Waals surface area contributed by atoms with Crippen molar-refractivity contribution in [2.75, 3.05) is 5.32 Å². The van der Waals surface area contributed by atoms with E-state index < -0.39 is 11.9 Å². The van der Waals surface area contributed by atoms with Gasteiger partial charge >= 0.3 is 5.97 Å². The van der Waals surface area contributed by atoms with E-state index in [1.165, 1.54) is 0 Å². The number of nitrogens with two attached hydrogens (primary N) is 1. The Kier molecular flexibility index (Phi) is 4.23. The fourth-order valence-corrected chi connectivity index (χ4v) is 2.07. The maximum atomic E-state index is 11.2. The van der Waals surface area contributed by atoms with Crippen LogP contribution in [0.3, 0.4) is 0 Å². The molecule has 2 aromatic rings. The van der Waals surface area contributed by atoms with Crippen LogP contribution in [-0.2, 0) is 6.54 Å². The van der Waals surface area contributed by atoms with Crippen molar-refractivity contribution in [2.24, 2.45) is 5.73 Å². The lowest BCUT2D eigenvalue weighted by Crippen LogP contribution is -2.12.